The van der Waals surface area contributed by atoms with Crippen LogP contribution in [0, 0.1) is 0 Å². The highest BCUT2D eigenvalue weighted by atomic mass is 33.3. The Morgan fingerprint density at radius 1 is 1.00 bits per heavy atom. The van der Waals surface area contributed by atoms with E-state index in [2.05, 4.69) is 58.7 Å². The third kappa shape index (κ3) is 8.94. The standard InChI is InChI=1S/C2H17NOP12/c4-2-1-3-11-15(12(5)6)16(13(7)8)14(9)10/h2-3,11H,1,5-10H2. The Bertz CT molecular complexity index is 187. The quantitative estimate of drug-likeness (QED) is 0.280. The maximum atomic E-state index is 10.3. The highest BCUT2D eigenvalue weighted by Gasteiger charge is 2.29. The average molecular weight is 443 g/mol. The Morgan fingerprint density at radius 3 is 1.81 bits per heavy atom. The molecule has 96 valence electrons. The Hall–Kier alpha value is 4.79. The van der Waals surface area contributed by atoms with Crippen LogP contribution >= 0.6 is 96.9 Å². The van der Waals surface area contributed by atoms with E-state index in [1.807, 2.05) is 0 Å². The first-order valence-electron chi connectivity index (χ1n) is 3.82. The van der Waals surface area contributed by atoms with E-state index >= 15 is 0 Å². The molecule has 0 aromatic carbocycles. The first-order chi connectivity index (χ1) is 7.41. The maximum absolute atomic E-state index is 10.3. The lowest BCUT2D eigenvalue weighted by Crippen LogP contribution is -2.02. The summed E-state index contributed by atoms with van der Waals surface area (Å²) in [6, 6.07) is 0. The number of carbonyl (C=O) groups is 1. The third-order valence-electron chi connectivity index (χ3n) is 1.17. The van der Waals surface area contributed by atoms with E-state index in [1.54, 1.807) is 0 Å². The van der Waals surface area contributed by atoms with Gasteiger partial charge in [0.15, 0.2) is 0 Å². The fourth-order valence-electron chi connectivity index (χ4n) is 0.668. The largest absolute Gasteiger partial charge is 0.302 e. The van der Waals surface area contributed by atoms with Gasteiger partial charge in [-0.25, -0.2) is 0 Å². The summed E-state index contributed by atoms with van der Waals surface area (Å²) in [4.78, 5) is 10.3. The summed E-state index contributed by atoms with van der Waals surface area (Å²) in [6.45, 7) is 0.507. The van der Waals surface area contributed by atoms with Crippen molar-refractivity contribution in [3.8, 4) is 0 Å². The lowest BCUT2D eigenvalue weighted by molar-refractivity contribution is -0.106. The van der Waals surface area contributed by atoms with Crippen LogP contribution in [0.3, 0.4) is 0 Å². The van der Waals surface area contributed by atoms with Gasteiger partial charge < -0.3 is 4.79 Å². The molecule has 0 aliphatic rings. The molecule has 0 bridgehead atoms. The first-order valence-corrected chi connectivity index (χ1v) is 24.9. The normalized spacial score (nSPS) is 14.9. The third-order valence-corrected chi connectivity index (χ3v) is 68.7. The number of hydrogen-bond donors (Lipinski definition) is 1. The van der Waals surface area contributed by atoms with Crippen LogP contribution < -0.4 is 5.09 Å². The lowest BCUT2D eigenvalue weighted by atomic mass is 10.8. The average Bonchev–Trinajstić information content (AvgIpc) is 2.14. The molecule has 2 nitrogen and oxygen atoms in total. The predicted octanol–water partition coefficient (Wildman–Crippen LogP) is 6.09. The SMILES string of the molecule is O=CCNPP(P(P)P)P(P(P)P)P(P)P. The zero-order valence-electron chi connectivity index (χ0n) is 8.39. The van der Waals surface area contributed by atoms with Gasteiger partial charge >= 0.3 is 0 Å². The van der Waals surface area contributed by atoms with Crippen molar-refractivity contribution in [1.29, 1.82) is 0 Å². The van der Waals surface area contributed by atoms with Crippen molar-refractivity contribution in [3.63, 3.8) is 0 Å². The van der Waals surface area contributed by atoms with Gasteiger partial charge in [0.2, 0.25) is 0 Å². The summed E-state index contributed by atoms with van der Waals surface area (Å²) in [6.07, 6.45) is 0.949. The summed E-state index contributed by atoms with van der Waals surface area (Å²) in [7, 11) is 18.7. The smallest absolute Gasteiger partial charge is 0.134 e. The lowest BCUT2D eigenvalue weighted by Gasteiger charge is -2.35. The van der Waals surface area contributed by atoms with Crippen LogP contribution in [0.2, 0.25) is 0 Å². The molecule has 0 saturated heterocycles. The Morgan fingerprint density at radius 2 is 1.50 bits per heavy atom. The molecule has 8 atom stereocenters. The van der Waals surface area contributed by atoms with Crippen molar-refractivity contribution in [3.05, 3.63) is 0 Å². The van der Waals surface area contributed by atoms with Gasteiger partial charge in [-0.05, 0) is 43.4 Å². The van der Waals surface area contributed by atoms with Crippen molar-refractivity contribution >= 4 is 103 Å². The number of hydrogen-bond acceptors (Lipinski definition) is 2. The van der Waals surface area contributed by atoms with Gasteiger partial charge in [0.25, 0.3) is 0 Å². The van der Waals surface area contributed by atoms with Crippen LogP contribution in [0.25, 0.3) is 0 Å². The highest BCUT2D eigenvalue weighted by molar-refractivity contribution is 9.22. The van der Waals surface area contributed by atoms with E-state index < -0.39 is 0 Å². The molecule has 0 aliphatic carbocycles. The van der Waals surface area contributed by atoms with Crippen LogP contribution in [-0.4, -0.2) is 12.8 Å². The van der Waals surface area contributed by atoms with Crippen molar-refractivity contribution in [2.45, 2.75) is 0 Å². The molecule has 0 heterocycles. The monoisotopic (exact) mass is 443 g/mol. The zero-order chi connectivity index (χ0) is 12.7. The van der Waals surface area contributed by atoms with E-state index in [0.717, 1.165) is 14.7 Å². The summed E-state index contributed by atoms with van der Waals surface area (Å²) in [5.41, 5.74) is 0. The summed E-state index contributed by atoms with van der Waals surface area (Å²) < 4.78 is 0. The van der Waals surface area contributed by atoms with Crippen LogP contribution in [0.15, 0.2) is 0 Å². The molecule has 0 saturated carbocycles. The molecule has 0 rings (SSSR count). The van der Waals surface area contributed by atoms with Crippen molar-refractivity contribution in [1.82, 2.24) is 5.09 Å². The van der Waals surface area contributed by atoms with E-state index in [0.29, 0.717) is 6.54 Å². The number of aldehydes is 1. The molecule has 14 heteroatoms. The fraction of sp³-hybridized carbons (Fsp3) is 0.500. The van der Waals surface area contributed by atoms with E-state index in [1.165, 1.54) is 0 Å². The van der Waals surface area contributed by atoms with Gasteiger partial charge in [0, 0.05) is 0 Å². The van der Waals surface area contributed by atoms with Gasteiger partial charge in [0.05, 0.1) is 6.54 Å². The molecule has 0 aliphatic heterocycles. The van der Waals surface area contributed by atoms with Crippen LogP contribution in [0.4, 0.5) is 0 Å². The van der Waals surface area contributed by atoms with E-state index in [9.17, 15) is 4.79 Å². The second-order valence-electron chi connectivity index (χ2n) is 2.36. The maximum Gasteiger partial charge on any atom is 0.134 e. The molecular formula is C2H17NOP12. The summed E-state index contributed by atoms with van der Waals surface area (Å²) >= 11 is 0. The number of carbonyl (C=O) groups excluding carboxylic acids is 1. The number of nitrogens with one attached hydrogen (secondary N) is 1. The van der Waals surface area contributed by atoms with Crippen molar-refractivity contribution in [2.24, 2.45) is 0 Å². The van der Waals surface area contributed by atoms with Gasteiger partial charge in [-0.2, -0.15) is 0 Å². The second-order valence-corrected chi connectivity index (χ2v) is 47.7. The zero-order valence-corrected chi connectivity index (χ0v) is 20.8. The van der Waals surface area contributed by atoms with Gasteiger partial charge in [-0.1, -0.05) is 0 Å². The molecule has 0 amide bonds. The molecule has 8 unspecified atom stereocenters. The van der Waals surface area contributed by atoms with Crippen LogP contribution in [0.5, 0.6) is 0 Å². The second kappa shape index (κ2) is 12.3. The molecule has 0 fully saturated rings. The Kier molecular flexibility index (Phi) is 16.0. The van der Waals surface area contributed by atoms with Gasteiger partial charge in [-0.3, -0.25) is 5.09 Å². The van der Waals surface area contributed by atoms with Gasteiger partial charge in [0.1, 0.15) is 6.29 Å². The predicted molar refractivity (Wildman–Crippen MR) is 115 cm³/mol. The van der Waals surface area contributed by atoms with E-state index in [-0.39, 0.29) is 34.9 Å². The summed E-state index contributed by atoms with van der Waals surface area (Å²) in [5, 5.41) is 3.28. The van der Waals surface area contributed by atoms with Crippen molar-refractivity contribution in [2.75, 3.05) is 6.54 Å². The molecule has 0 aromatic heterocycles. The molecule has 0 aromatic rings. The molecule has 16 heavy (non-hydrogen) atoms. The van der Waals surface area contributed by atoms with Crippen LogP contribution in [0.1, 0.15) is 0 Å². The minimum atomic E-state index is -0.0448. The first kappa shape index (κ1) is 20.8. The minimum Gasteiger partial charge on any atom is -0.302 e. The molecule has 0 spiro atoms. The molecular weight excluding hydrogens is 426 g/mol. The topological polar surface area (TPSA) is 29.1 Å². The fourth-order valence-corrected chi connectivity index (χ4v) is 110. The van der Waals surface area contributed by atoms with Crippen LogP contribution in [-0.2, 0) is 4.79 Å². The minimum absolute atomic E-state index is 0.0137. The Balaban J connectivity index is 4.51. The molecule has 0 radical (unpaired) electrons. The number of rotatable bonds is 8. The summed E-state index contributed by atoms with van der Waals surface area (Å²) in [5.74, 6) is 0. The Labute approximate surface area is 119 Å². The van der Waals surface area contributed by atoms with Crippen molar-refractivity contribution < 1.29 is 4.79 Å². The van der Waals surface area contributed by atoms with Gasteiger partial charge in [-0.15, -0.1) is 53.6 Å². The highest BCUT2D eigenvalue weighted by Crippen LogP contribution is 3.17. The molecule has 1 N–H and O–H groups in total. The van der Waals surface area contributed by atoms with E-state index in [4.69, 9.17) is 0 Å².